The molecular weight excluding hydrogens is 455 g/mol. The number of nitro groups is 1. The molecule has 7 nitrogen and oxygen atoms in total. The molecule has 0 aliphatic carbocycles. The van der Waals surface area contributed by atoms with E-state index >= 15 is 0 Å². The van der Waals surface area contributed by atoms with Crippen LogP contribution in [0, 0.1) is 10.1 Å². The molecule has 3 aromatic carbocycles. The molecule has 1 heterocycles. The van der Waals surface area contributed by atoms with Gasteiger partial charge in [-0.1, -0.05) is 53.5 Å². The molecule has 0 spiro atoms. The van der Waals surface area contributed by atoms with Gasteiger partial charge in [-0.05, 0) is 35.9 Å². The minimum atomic E-state index is -0.656. The van der Waals surface area contributed by atoms with Crippen molar-refractivity contribution in [2.45, 2.75) is 6.61 Å². The first-order valence-electron chi connectivity index (χ1n) is 9.34. The van der Waals surface area contributed by atoms with Crippen LogP contribution >= 0.6 is 23.2 Å². The quantitative estimate of drug-likeness (QED) is 0.196. The molecule has 0 amide bonds. The van der Waals surface area contributed by atoms with Gasteiger partial charge in [-0.25, -0.2) is 9.79 Å². The molecule has 0 saturated heterocycles. The number of cyclic esters (lactones) is 1. The number of esters is 1. The van der Waals surface area contributed by atoms with Crippen molar-refractivity contribution in [2.75, 3.05) is 0 Å². The highest BCUT2D eigenvalue weighted by atomic mass is 35.5. The van der Waals surface area contributed by atoms with E-state index in [1.807, 2.05) is 18.2 Å². The number of ether oxygens (including phenoxy) is 2. The number of nitrogens with zero attached hydrogens (tertiary/aromatic N) is 2. The summed E-state index contributed by atoms with van der Waals surface area (Å²) < 4.78 is 11.0. The zero-order valence-corrected chi connectivity index (χ0v) is 17.8. The lowest BCUT2D eigenvalue weighted by molar-refractivity contribution is -0.384. The Bertz CT molecular complexity index is 1290. The van der Waals surface area contributed by atoms with Gasteiger partial charge in [0.25, 0.3) is 5.69 Å². The van der Waals surface area contributed by atoms with Gasteiger partial charge >= 0.3 is 5.97 Å². The lowest BCUT2D eigenvalue weighted by atomic mass is 10.2. The fraction of sp³-hybridized carbons (Fsp3) is 0.0435. The van der Waals surface area contributed by atoms with Gasteiger partial charge in [0.2, 0.25) is 5.90 Å². The summed E-state index contributed by atoms with van der Waals surface area (Å²) in [5, 5.41) is 11.5. The largest absolute Gasteiger partial charge is 0.489 e. The van der Waals surface area contributed by atoms with Crippen molar-refractivity contribution in [3.63, 3.8) is 0 Å². The predicted octanol–water partition coefficient (Wildman–Crippen LogP) is 5.83. The fourth-order valence-corrected chi connectivity index (χ4v) is 3.39. The number of carbonyl (C=O) groups is 1. The minimum Gasteiger partial charge on any atom is -0.489 e. The van der Waals surface area contributed by atoms with Gasteiger partial charge in [0, 0.05) is 22.7 Å². The van der Waals surface area contributed by atoms with Gasteiger partial charge in [0.15, 0.2) is 5.70 Å². The van der Waals surface area contributed by atoms with Crippen molar-refractivity contribution in [3.05, 3.63) is 109 Å². The highest BCUT2D eigenvalue weighted by Gasteiger charge is 2.26. The number of hydrogen-bond donors (Lipinski definition) is 0. The zero-order valence-electron chi connectivity index (χ0n) is 16.3. The molecule has 0 unspecified atom stereocenters. The van der Waals surface area contributed by atoms with E-state index < -0.39 is 10.9 Å². The fourth-order valence-electron chi connectivity index (χ4n) is 2.94. The number of benzene rings is 3. The predicted molar refractivity (Wildman–Crippen MR) is 121 cm³/mol. The van der Waals surface area contributed by atoms with E-state index in [1.165, 1.54) is 18.2 Å². The molecule has 3 aromatic rings. The number of halogens is 2. The molecule has 9 heteroatoms. The van der Waals surface area contributed by atoms with Gasteiger partial charge in [-0.3, -0.25) is 10.1 Å². The molecule has 0 bridgehead atoms. The third-order valence-electron chi connectivity index (χ3n) is 4.53. The molecule has 1 aliphatic heterocycles. The van der Waals surface area contributed by atoms with Gasteiger partial charge < -0.3 is 9.47 Å². The number of non-ortho nitro benzene ring substituents is 1. The Hall–Kier alpha value is -3.68. The maximum Gasteiger partial charge on any atom is 0.363 e. The summed E-state index contributed by atoms with van der Waals surface area (Å²) >= 11 is 12.3. The third kappa shape index (κ3) is 4.80. The molecule has 4 rings (SSSR count). The van der Waals surface area contributed by atoms with Crippen molar-refractivity contribution in [1.29, 1.82) is 0 Å². The Balaban J connectivity index is 1.54. The standard InChI is InChI=1S/C23H14Cl2N2O5/c24-19-7-2-1-5-15(19)13-31-17-6-3-4-14(10-17)11-21-23(28)32-22(26-21)18-9-8-16(27(29)30)12-20(18)25/h1-12H,13H2/b21-11-. The Morgan fingerprint density at radius 2 is 1.84 bits per heavy atom. The van der Waals surface area contributed by atoms with Crippen molar-refractivity contribution in [2.24, 2.45) is 4.99 Å². The molecule has 0 aromatic heterocycles. The summed E-state index contributed by atoms with van der Waals surface area (Å²) in [6, 6.07) is 18.3. The average Bonchev–Trinajstić information content (AvgIpc) is 3.13. The summed E-state index contributed by atoms with van der Waals surface area (Å²) in [4.78, 5) is 26.8. The number of hydrogen-bond acceptors (Lipinski definition) is 6. The van der Waals surface area contributed by atoms with Gasteiger partial charge in [0.05, 0.1) is 15.5 Å². The molecular formula is C23H14Cl2N2O5. The first-order valence-corrected chi connectivity index (χ1v) is 10.1. The van der Waals surface area contributed by atoms with Crippen molar-refractivity contribution < 1.29 is 19.2 Å². The van der Waals surface area contributed by atoms with Crippen molar-refractivity contribution in [3.8, 4) is 5.75 Å². The number of nitro benzene ring substituents is 1. The lowest BCUT2D eigenvalue weighted by Crippen LogP contribution is -2.06. The van der Waals surface area contributed by atoms with E-state index in [0.29, 0.717) is 22.9 Å². The lowest BCUT2D eigenvalue weighted by Gasteiger charge is -2.08. The maximum atomic E-state index is 12.3. The summed E-state index contributed by atoms with van der Waals surface area (Å²) in [6.45, 7) is 0.294. The molecule has 0 atom stereocenters. The topological polar surface area (TPSA) is 91.0 Å². The first kappa shape index (κ1) is 21.5. The van der Waals surface area contributed by atoms with E-state index in [-0.39, 0.29) is 27.9 Å². The Labute approximate surface area is 192 Å². The second-order valence-electron chi connectivity index (χ2n) is 6.71. The van der Waals surface area contributed by atoms with Crippen LogP contribution in [0.4, 0.5) is 5.69 Å². The van der Waals surface area contributed by atoms with Crippen LogP contribution in [0.3, 0.4) is 0 Å². The molecule has 0 saturated carbocycles. The van der Waals surface area contributed by atoms with Gasteiger partial charge in [-0.15, -0.1) is 0 Å². The third-order valence-corrected chi connectivity index (χ3v) is 5.21. The number of aliphatic imine (C=N–C) groups is 1. The van der Waals surface area contributed by atoms with Gasteiger partial charge in [0.1, 0.15) is 12.4 Å². The minimum absolute atomic E-state index is 0.0210. The maximum absolute atomic E-state index is 12.3. The zero-order chi connectivity index (χ0) is 22.7. The van der Waals surface area contributed by atoms with Crippen molar-refractivity contribution >= 4 is 46.8 Å². The monoisotopic (exact) mass is 468 g/mol. The highest BCUT2D eigenvalue weighted by Crippen LogP contribution is 2.28. The van der Waals surface area contributed by atoms with Crippen LogP contribution in [0.25, 0.3) is 6.08 Å². The van der Waals surface area contributed by atoms with Crippen LogP contribution in [0.5, 0.6) is 5.75 Å². The summed E-state index contributed by atoms with van der Waals surface area (Å²) in [5.74, 6) is -0.0858. The van der Waals surface area contributed by atoms with E-state index in [4.69, 9.17) is 32.7 Å². The molecule has 0 fully saturated rings. The Kier molecular flexibility index (Phi) is 6.20. The van der Waals surface area contributed by atoms with E-state index in [9.17, 15) is 14.9 Å². The first-order chi connectivity index (χ1) is 15.4. The molecule has 1 aliphatic rings. The van der Waals surface area contributed by atoms with Crippen LogP contribution in [0.2, 0.25) is 10.0 Å². The summed E-state index contributed by atoms with van der Waals surface area (Å²) in [6.07, 6.45) is 1.55. The summed E-state index contributed by atoms with van der Waals surface area (Å²) in [7, 11) is 0. The van der Waals surface area contributed by atoms with Crippen LogP contribution in [0.1, 0.15) is 16.7 Å². The van der Waals surface area contributed by atoms with Crippen LogP contribution in [-0.4, -0.2) is 16.8 Å². The van der Waals surface area contributed by atoms with E-state index in [2.05, 4.69) is 4.99 Å². The van der Waals surface area contributed by atoms with E-state index in [0.717, 1.165) is 5.56 Å². The molecule has 160 valence electrons. The Morgan fingerprint density at radius 3 is 2.59 bits per heavy atom. The second kappa shape index (κ2) is 9.21. The normalized spacial score (nSPS) is 14.2. The molecule has 32 heavy (non-hydrogen) atoms. The molecule has 0 N–H and O–H groups in total. The smallest absolute Gasteiger partial charge is 0.363 e. The number of carbonyl (C=O) groups excluding carboxylic acids is 1. The van der Waals surface area contributed by atoms with Gasteiger partial charge in [-0.2, -0.15) is 0 Å². The van der Waals surface area contributed by atoms with Crippen molar-refractivity contribution in [1.82, 2.24) is 0 Å². The van der Waals surface area contributed by atoms with Crippen LogP contribution in [-0.2, 0) is 16.1 Å². The highest BCUT2D eigenvalue weighted by molar-refractivity contribution is 6.34. The SMILES string of the molecule is O=C1OC(c2ccc([N+](=O)[O-])cc2Cl)=N/C1=C\c1cccc(OCc2ccccc2Cl)c1. The average molecular weight is 469 g/mol. The van der Waals surface area contributed by atoms with Crippen LogP contribution in [0.15, 0.2) is 77.4 Å². The summed E-state index contributed by atoms with van der Waals surface area (Å²) in [5.41, 5.74) is 1.71. The Morgan fingerprint density at radius 1 is 1.03 bits per heavy atom. The second-order valence-corrected chi connectivity index (χ2v) is 7.52. The van der Waals surface area contributed by atoms with E-state index in [1.54, 1.807) is 36.4 Å². The van der Waals surface area contributed by atoms with Crippen LogP contribution < -0.4 is 4.74 Å². The molecule has 0 radical (unpaired) electrons. The number of rotatable bonds is 6.